The highest BCUT2D eigenvalue weighted by atomic mass is 35.5. The summed E-state index contributed by atoms with van der Waals surface area (Å²) in [4.78, 5) is 21.1. The van der Waals surface area contributed by atoms with Gasteiger partial charge in [-0.2, -0.15) is 0 Å². The first-order chi connectivity index (χ1) is 19.0. The highest BCUT2D eigenvalue weighted by molar-refractivity contribution is 6.34. The Morgan fingerprint density at radius 3 is 2.69 bits per heavy atom. The minimum Gasteiger partial charge on any atom is -0.491 e. The van der Waals surface area contributed by atoms with Gasteiger partial charge in [-0.15, -0.1) is 0 Å². The molecule has 0 aliphatic carbocycles. The van der Waals surface area contributed by atoms with Gasteiger partial charge in [0.05, 0.1) is 24.4 Å². The molecule has 198 valence electrons. The number of rotatable bonds is 10. The summed E-state index contributed by atoms with van der Waals surface area (Å²) >= 11 is 6.70. The van der Waals surface area contributed by atoms with Crippen LogP contribution in [-0.4, -0.2) is 33.7 Å². The number of nitrogens with one attached hydrogen (secondary N) is 1. The largest absolute Gasteiger partial charge is 0.491 e. The number of hydrogen-bond acceptors (Lipinski definition) is 8. The number of hydrogen-bond donors (Lipinski definition) is 2. The third-order valence-electron chi connectivity index (χ3n) is 5.82. The molecular weight excluding hydrogens is 518 g/mol. The van der Waals surface area contributed by atoms with E-state index in [1.54, 1.807) is 49.4 Å². The number of nitrogen functional groups attached to an aromatic ring is 1. The van der Waals surface area contributed by atoms with Crippen molar-refractivity contribution in [3.8, 4) is 17.2 Å². The zero-order valence-corrected chi connectivity index (χ0v) is 21.9. The van der Waals surface area contributed by atoms with Crippen molar-refractivity contribution >= 4 is 45.8 Å². The lowest BCUT2D eigenvalue weighted by Crippen LogP contribution is -2.12. The highest BCUT2D eigenvalue weighted by Crippen LogP contribution is 2.37. The van der Waals surface area contributed by atoms with Crippen molar-refractivity contribution in [1.29, 1.82) is 0 Å². The highest BCUT2D eigenvalue weighted by Gasteiger charge is 2.15. The van der Waals surface area contributed by atoms with Gasteiger partial charge in [0.2, 0.25) is 0 Å². The number of ether oxygens (including phenoxy) is 3. The molecule has 5 aromatic rings. The van der Waals surface area contributed by atoms with Crippen molar-refractivity contribution in [3.63, 3.8) is 0 Å². The van der Waals surface area contributed by atoms with E-state index in [1.165, 1.54) is 6.33 Å². The van der Waals surface area contributed by atoms with E-state index in [0.29, 0.717) is 58.2 Å². The molecule has 3 N–H and O–H groups in total. The maximum Gasteiger partial charge on any atom is 0.341 e. The molecule has 0 amide bonds. The molecular formula is C29H26ClN5O4. The van der Waals surface area contributed by atoms with Gasteiger partial charge in [-0.05, 0) is 49.4 Å². The van der Waals surface area contributed by atoms with Crippen molar-refractivity contribution in [2.24, 2.45) is 0 Å². The molecule has 0 fully saturated rings. The average molecular weight is 544 g/mol. The summed E-state index contributed by atoms with van der Waals surface area (Å²) < 4.78 is 19.0. The molecule has 39 heavy (non-hydrogen) atoms. The van der Waals surface area contributed by atoms with Crippen LogP contribution in [0.3, 0.4) is 0 Å². The molecule has 2 aromatic heterocycles. The fourth-order valence-corrected chi connectivity index (χ4v) is 4.26. The maximum absolute atomic E-state index is 12.3. The van der Waals surface area contributed by atoms with E-state index in [1.807, 2.05) is 41.1 Å². The summed E-state index contributed by atoms with van der Waals surface area (Å²) in [5.74, 6) is 1.67. The number of aromatic nitrogens is 3. The lowest BCUT2D eigenvalue weighted by Gasteiger charge is -2.15. The van der Waals surface area contributed by atoms with E-state index < -0.39 is 5.97 Å². The minimum absolute atomic E-state index is 0.290. The van der Waals surface area contributed by atoms with Crippen LogP contribution in [0.5, 0.6) is 17.2 Å². The molecule has 0 saturated carbocycles. The molecule has 2 heterocycles. The summed E-state index contributed by atoms with van der Waals surface area (Å²) in [6, 6.07) is 21.5. The van der Waals surface area contributed by atoms with Crippen LogP contribution in [0.15, 0.2) is 85.3 Å². The average Bonchev–Trinajstić information content (AvgIpc) is 3.35. The summed E-state index contributed by atoms with van der Waals surface area (Å²) in [6.07, 6.45) is 3.40. The topological polar surface area (TPSA) is 114 Å². The summed E-state index contributed by atoms with van der Waals surface area (Å²) in [5.41, 5.74) is 8.99. The van der Waals surface area contributed by atoms with Gasteiger partial charge >= 0.3 is 5.97 Å². The normalized spacial score (nSPS) is 10.8. The quantitative estimate of drug-likeness (QED) is 0.152. The Hall–Kier alpha value is -4.76. The molecule has 0 radical (unpaired) electrons. The van der Waals surface area contributed by atoms with E-state index in [2.05, 4.69) is 15.3 Å². The zero-order valence-electron chi connectivity index (χ0n) is 21.1. The van der Waals surface area contributed by atoms with Gasteiger partial charge in [0.15, 0.2) is 5.82 Å². The SMILES string of the molecule is CCOC(=O)c1ccccc1OCCn1ccc2ncnc(Nc3cccc(Oc4cccc(N)c4)c3Cl)c21. The Bertz CT molecular complexity index is 1620. The van der Waals surface area contributed by atoms with Crippen LogP contribution in [0, 0.1) is 0 Å². The van der Waals surface area contributed by atoms with Crippen LogP contribution in [-0.2, 0) is 11.3 Å². The number of carbonyl (C=O) groups excluding carboxylic acids is 1. The van der Waals surface area contributed by atoms with Crippen LogP contribution in [0.25, 0.3) is 11.0 Å². The molecule has 10 heteroatoms. The number of esters is 1. The van der Waals surface area contributed by atoms with Gasteiger partial charge in [0.25, 0.3) is 0 Å². The van der Waals surface area contributed by atoms with Gasteiger partial charge in [-0.25, -0.2) is 14.8 Å². The van der Waals surface area contributed by atoms with E-state index in [4.69, 9.17) is 31.5 Å². The minimum atomic E-state index is -0.418. The second-order valence-corrected chi connectivity index (χ2v) is 8.83. The summed E-state index contributed by atoms with van der Waals surface area (Å²) in [5, 5.41) is 3.71. The molecule has 0 atom stereocenters. The number of carbonyl (C=O) groups is 1. The third-order valence-corrected chi connectivity index (χ3v) is 6.21. The predicted octanol–water partition coefficient (Wildman–Crippen LogP) is 6.46. The first kappa shape index (κ1) is 25.9. The predicted molar refractivity (Wildman–Crippen MR) is 151 cm³/mol. The Morgan fingerprint density at radius 2 is 1.85 bits per heavy atom. The molecule has 0 aliphatic heterocycles. The van der Waals surface area contributed by atoms with Gasteiger partial charge < -0.3 is 29.8 Å². The van der Waals surface area contributed by atoms with Gasteiger partial charge in [0, 0.05) is 18.0 Å². The van der Waals surface area contributed by atoms with Crippen molar-refractivity contribution in [2.75, 3.05) is 24.3 Å². The molecule has 0 aliphatic rings. The number of nitrogens with two attached hydrogens (primary N) is 1. The monoisotopic (exact) mass is 543 g/mol. The second-order valence-electron chi connectivity index (χ2n) is 8.45. The maximum atomic E-state index is 12.3. The molecule has 0 saturated heterocycles. The first-order valence-corrected chi connectivity index (χ1v) is 12.7. The second kappa shape index (κ2) is 11.7. The number of halogens is 1. The lowest BCUT2D eigenvalue weighted by atomic mass is 10.2. The Labute approximate surface area is 230 Å². The van der Waals surface area contributed by atoms with Crippen LogP contribution in [0.4, 0.5) is 17.2 Å². The Balaban J connectivity index is 1.35. The molecule has 0 unspecified atom stereocenters. The van der Waals surface area contributed by atoms with Crippen LogP contribution >= 0.6 is 11.6 Å². The first-order valence-electron chi connectivity index (χ1n) is 12.3. The molecule has 5 rings (SSSR count). The smallest absolute Gasteiger partial charge is 0.341 e. The number of para-hydroxylation sites is 1. The third kappa shape index (κ3) is 5.89. The van der Waals surface area contributed by atoms with Crippen molar-refractivity contribution in [1.82, 2.24) is 14.5 Å². The Morgan fingerprint density at radius 1 is 1.03 bits per heavy atom. The van der Waals surface area contributed by atoms with Crippen molar-refractivity contribution < 1.29 is 19.0 Å². The van der Waals surface area contributed by atoms with Crippen LogP contribution < -0.4 is 20.5 Å². The van der Waals surface area contributed by atoms with Crippen LogP contribution in [0.1, 0.15) is 17.3 Å². The van der Waals surface area contributed by atoms with E-state index in [-0.39, 0.29) is 6.61 Å². The number of nitrogens with zero attached hydrogens (tertiary/aromatic N) is 3. The fraction of sp³-hybridized carbons (Fsp3) is 0.138. The molecule has 9 nitrogen and oxygen atoms in total. The summed E-state index contributed by atoms with van der Waals surface area (Å²) in [7, 11) is 0. The van der Waals surface area contributed by atoms with Crippen molar-refractivity contribution in [2.45, 2.75) is 13.5 Å². The molecule has 0 spiro atoms. The van der Waals surface area contributed by atoms with Gasteiger partial charge in [0.1, 0.15) is 46.3 Å². The molecule has 0 bridgehead atoms. The summed E-state index contributed by atoms with van der Waals surface area (Å²) in [6.45, 7) is 2.84. The number of benzene rings is 3. The van der Waals surface area contributed by atoms with Gasteiger partial charge in [-0.1, -0.05) is 35.9 Å². The van der Waals surface area contributed by atoms with Crippen molar-refractivity contribution in [3.05, 3.63) is 95.9 Å². The van der Waals surface area contributed by atoms with Crippen LogP contribution in [0.2, 0.25) is 5.02 Å². The molecule has 3 aromatic carbocycles. The van der Waals surface area contributed by atoms with E-state index in [9.17, 15) is 4.79 Å². The Kier molecular flexibility index (Phi) is 7.79. The van der Waals surface area contributed by atoms with E-state index in [0.717, 1.165) is 11.0 Å². The fourth-order valence-electron chi connectivity index (χ4n) is 4.05. The number of anilines is 3. The zero-order chi connectivity index (χ0) is 27.2. The number of fused-ring (bicyclic) bond motifs is 1. The van der Waals surface area contributed by atoms with E-state index >= 15 is 0 Å². The lowest BCUT2D eigenvalue weighted by molar-refractivity contribution is 0.0521. The standard InChI is InChI=1S/C29H26ClN5O4/c1-2-37-29(36)21-9-3-4-11-24(21)38-16-15-35-14-13-23-27(35)28(33-18-32-23)34-22-10-6-12-25(26(22)30)39-20-8-5-7-19(31)17-20/h3-14,17-18H,2,15-16,31H2,1H3,(H,32,33,34). The van der Waals surface area contributed by atoms with Gasteiger partial charge in [-0.3, -0.25) is 0 Å².